The van der Waals surface area contributed by atoms with E-state index in [0.717, 1.165) is 18.9 Å². The van der Waals surface area contributed by atoms with E-state index in [-0.39, 0.29) is 0 Å². The summed E-state index contributed by atoms with van der Waals surface area (Å²) >= 11 is 0. The van der Waals surface area contributed by atoms with E-state index < -0.39 is 11.9 Å². The highest BCUT2D eigenvalue weighted by Gasteiger charge is 2.02. The summed E-state index contributed by atoms with van der Waals surface area (Å²) in [6.07, 6.45) is 14.6. The number of aliphatic carboxylic acids is 1. The van der Waals surface area contributed by atoms with Crippen LogP contribution in [0.5, 0.6) is 5.75 Å². The quantitative estimate of drug-likeness (QED) is 0.166. The van der Waals surface area contributed by atoms with Gasteiger partial charge in [-0.25, -0.2) is 9.59 Å². The zero-order valence-electron chi connectivity index (χ0n) is 17.3. The molecular formula is C24H36O4. The molecule has 0 bridgehead atoms. The third-order valence-electron chi connectivity index (χ3n) is 4.26. The molecule has 156 valence electrons. The van der Waals surface area contributed by atoms with Crippen molar-refractivity contribution in [2.75, 3.05) is 0 Å². The lowest BCUT2D eigenvalue weighted by atomic mass is 10.0. The molecule has 0 spiro atoms. The first kappa shape index (κ1) is 25.6. The van der Waals surface area contributed by atoms with Crippen molar-refractivity contribution in [1.82, 2.24) is 0 Å². The molecule has 4 heteroatoms. The number of hydrogen-bond donors (Lipinski definition) is 1. The van der Waals surface area contributed by atoms with Gasteiger partial charge in [-0.2, -0.15) is 0 Å². The highest BCUT2D eigenvalue weighted by atomic mass is 16.5. The van der Waals surface area contributed by atoms with E-state index in [9.17, 15) is 9.59 Å². The van der Waals surface area contributed by atoms with Crippen LogP contribution in [0, 0.1) is 0 Å². The van der Waals surface area contributed by atoms with Crippen molar-refractivity contribution in [1.29, 1.82) is 0 Å². The molecule has 0 atom stereocenters. The van der Waals surface area contributed by atoms with Gasteiger partial charge < -0.3 is 9.84 Å². The fourth-order valence-electron chi connectivity index (χ4n) is 2.58. The third-order valence-corrected chi connectivity index (χ3v) is 4.26. The molecule has 0 fully saturated rings. The molecule has 28 heavy (non-hydrogen) atoms. The molecule has 1 rings (SSSR count). The first-order valence-corrected chi connectivity index (χ1v) is 10.3. The minimum atomic E-state index is -0.846. The molecule has 4 nitrogen and oxygen atoms in total. The van der Waals surface area contributed by atoms with Crippen molar-refractivity contribution in [3.63, 3.8) is 0 Å². The molecule has 0 unspecified atom stereocenters. The predicted octanol–water partition coefficient (Wildman–Crippen LogP) is 6.72. The molecular weight excluding hydrogens is 352 g/mol. The molecule has 0 amide bonds. The normalized spacial score (nSPS) is 9.75. The maximum Gasteiger partial charge on any atom is 0.335 e. The van der Waals surface area contributed by atoms with Gasteiger partial charge in [-0.15, -0.1) is 0 Å². The van der Waals surface area contributed by atoms with Gasteiger partial charge in [0.1, 0.15) is 5.75 Å². The highest BCUT2D eigenvalue weighted by Crippen LogP contribution is 2.13. The van der Waals surface area contributed by atoms with E-state index in [2.05, 4.69) is 20.1 Å². The van der Waals surface area contributed by atoms with Crippen LogP contribution in [0.2, 0.25) is 0 Å². The Labute approximate surface area is 170 Å². The Balaban J connectivity index is 0.000000567. The number of carboxylic acids is 1. The van der Waals surface area contributed by atoms with Gasteiger partial charge in [0.25, 0.3) is 0 Å². The third kappa shape index (κ3) is 15.9. The van der Waals surface area contributed by atoms with Crippen LogP contribution in [0.1, 0.15) is 77.6 Å². The van der Waals surface area contributed by atoms with Crippen LogP contribution < -0.4 is 4.74 Å². The number of unbranched alkanes of at least 4 members (excludes halogenated alkanes) is 9. The zero-order valence-corrected chi connectivity index (χ0v) is 17.3. The molecule has 0 aliphatic heterocycles. The average Bonchev–Trinajstić information content (AvgIpc) is 2.70. The van der Waals surface area contributed by atoms with Gasteiger partial charge in [0, 0.05) is 11.6 Å². The minimum absolute atomic E-state index is 0.351. The van der Waals surface area contributed by atoms with Crippen LogP contribution in [0.3, 0.4) is 0 Å². The molecule has 0 saturated carbocycles. The summed E-state index contributed by atoms with van der Waals surface area (Å²) < 4.78 is 4.81. The molecule has 1 aromatic carbocycles. The number of rotatable bonds is 14. The summed E-state index contributed by atoms with van der Waals surface area (Å²) in [5.74, 6) is -0.741. The molecule has 0 aromatic heterocycles. The number of carbonyl (C=O) groups excluding carboxylic acids is 1. The predicted molar refractivity (Wildman–Crippen MR) is 116 cm³/mol. The van der Waals surface area contributed by atoms with Crippen LogP contribution >= 0.6 is 0 Å². The average molecular weight is 389 g/mol. The van der Waals surface area contributed by atoms with E-state index >= 15 is 0 Å². The van der Waals surface area contributed by atoms with E-state index in [1.165, 1.54) is 51.4 Å². The zero-order chi connectivity index (χ0) is 21.0. The van der Waals surface area contributed by atoms with Crippen molar-refractivity contribution in [2.24, 2.45) is 0 Å². The maximum absolute atomic E-state index is 10.6. The molecule has 0 radical (unpaired) electrons. The lowest BCUT2D eigenvalue weighted by Crippen LogP contribution is -2.02. The van der Waals surface area contributed by atoms with Gasteiger partial charge in [-0.05, 0) is 25.0 Å². The van der Waals surface area contributed by atoms with E-state index in [4.69, 9.17) is 9.84 Å². The summed E-state index contributed by atoms with van der Waals surface area (Å²) in [7, 11) is 0. The summed E-state index contributed by atoms with van der Waals surface area (Å²) in [4.78, 5) is 21.1. The smallest absolute Gasteiger partial charge is 0.335 e. The lowest BCUT2D eigenvalue weighted by molar-refractivity contribution is -0.133. The first-order valence-electron chi connectivity index (χ1n) is 10.3. The standard InChI is InChI=1S/C15H28O2.C9H8O2/c1-3-4-5-6-7-8-9-10-11-12-13-14(2)15(16)17;1-2-9(10)11-8-6-4-3-5-7-8/h2-13H2,1H3,(H,16,17);2-7H,1H2. The fraction of sp³-hybridized carbons (Fsp3) is 0.500. The molecule has 1 aromatic rings. The van der Waals surface area contributed by atoms with Gasteiger partial charge in [0.15, 0.2) is 0 Å². The van der Waals surface area contributed by atoms with E-state index in [1.807, 2.05) is 6.07 Å². The Hall–Kier alpha value is -2.36. The lowest BCUT2D eigenvalue weighted by Gasteiger charge is -2.02. The van der Waals surface area contributed by atoms with Gasteiger partial charge in [-0.1, -0.05) is 96.1 Å². The van der Waals surface area contributed by atoms with Crippen LogP contribution in [0.4, 0.5) is 0 Å². The summed E-state index contributed by atoms with van der Waals surface area (Å²) in [6.45, 7) is 9.05. The van der Waals surface area contributed by atoms with Crippen molar-refractivity contribution < 1.29 is 19.4 Å². The van der Waals surface area contributed by atoms with Crippen molar-refractivity contribution >= 4 is 11.9 Å². The second-order valence-corrected chi connectivity index (χ2v) is 6.78. The Morgan fingerprint density at radius 2 is 1.43 bits per heavy atom. The molecule has 1 N–H and O–H groups in total. The van der Waals surface area contributed by atoms with Crippen molar-refractivity contribution in [2.45, 2.75) is 77.6 Å². The van der Waals surface area contributed by atoms with Gasteiger partial charge >= 0.3 is 11.9 Å². The summed E-state index contributed by atoms with van der Waals surface area (Å²) in [6, 6.07) is 8.87. The Bertz CT molecular complexity index is 563. The highest BCUT2D eigenvalue weighted by molar-refractivity contribution is 5.85. The first-order chi connectivity index (χ1) is 13.5. The fourth-order valence-corrected chi connectivity index (χ4v) is 2.58. The van der Waals surface area contributed by atoms with Crippen LogP contribution in [-0.2, 0) is 9.59 Å². The Kier molecular flexibility index (Phi) is 16.5. The molecule has 0 heterocycles. The number of esters is 1. The van der Waals surface area contributed by atoms with Gasteiger partial charge in [0.05, 0.1) is 0 Å². The largest absolute Gasteiger partial charge is 0.478 e. The topological polar surface area (TPSA) is 63.6 Å². The van der Waals surface area contributed by atoms with Gasteiger partial charge in [-0.3, -0.25) is 0 Å². The van der Waals surface area contributed by atoms with Crippen molar-refractivity contribution in [3.8, 4) is 5.75 Å². The second-order valence-electron chi connectivity index (χ2n) is 6.78. The van der Waals surface area contributed by atoms with E-state index in [1.54, 1.807) is 24.3 Å². The summed E-state index contributed by atoms with van der Waals surface area (Å²) in [5, 5.41) is 8.63. The van der Waals surface area contributed by atoms with Gasteiger partial charge in [0.2, 0.25) is 0 Å². The monoisotopic (exact) mass is 388 g/mol. The number of benzene rings is 1. The molecule has 0 aliphatic rings. The number of carbonyl (C=O) groups is 2. The van der Waals surface area contributed by atoms with E-state index in [0.29, 0.717) is 17.7 Å². The second kappa shape index (κ2) is 18.0. The minimum Gasteiger partial charge on any atom is -0.478 e. The number of para-hydroxylation sites is 1. The van der Waals surface area contributed by atoms with Crippen LogP contribution in [0.25, 0.3) is 0 Å². The number of hydrogen-bond acceptors (Lipinski definition) is 3. The van der Waals surface area contributed by atoms with Crippen LogP contribution in [-0.4, -0.2) is 17.0 Å². The van der Waals surface area contributed by atoms with Crippen LogP contribution in [0.15, 0.2) is 55.1 Å². The maximum atomic E-state index is 10.6. The SMILES string of the molecule is C=C(CCCCCCCCCCCC)C(=O)O.C=CC(=O)Oc1ccccc1. The molecule has 0 saturated heterocycles. The number of carboxylic acid groups (broad SMARTS) is 1. The summed E-state index contributed by atoms with van der Waals surface area (Å²) in [5.41, 5.74) is 0.351. The number of ether oxygens (including phenoxy) is 1. The molecule has 0 aliphatic carbocycles. The Morgan fingerprint density at radius 1 is 0.929 bits per heavy atom. The Morgan fingerprint density at radius 3 is 1.89 bits per heavy atom. The van der Waals surface area contributed by atoms with Crippen molar-refractivity contribution in [3.05, 3.63) is 55.1 Å².